The van der Waals surface area contributed by atoms with Gasteiger partial charge in [-0.25, -0.2) is 8.42 Å². The van der Waals surface area contributed by atoms with Crippen molar-refractivity contribution in [3.63, 3.8) is 0 Å². The van der Waals surface area contributed by atoms with Gasteiger partial charge in [-0.3, -0.25) is 9.52 Å². The Morgan fingerprint density at radius 3 is 2.33 bits per heavy atom. The first-order chi connectivity index (χ1) is 15.9. The molecular weight excluding hydrogens is 442 g/mol. The molecule has 0 bridgehead atoms. The molecule has 9 heteroatoms. The second-order valence-electron chi connectivity index (χ2n) is 7.91. The molecule has 174 valence electrons. The molecule has 1 fully saturated rings. The van der Waals surface area contributed by atoms with Crippen LogP contribution < -0.4 is 19.7 Å². The van der Waals surface area contributed by atoms with E-state index in [0.717, 1.165) is 32.4 Å². The van der Waals surface area contributed by atoms with E-state index in [2.05, 4.69) is 14.9 Å². The summed E-state index contributed by atoms with van der Waals surface area (Å²) in [6, 6.07) is 13.2. The van der Waals surface area contributed by atoms with Crippen molar-refractivity contribution < 1.29 is 22.4 Å². The molecule has 1 amide bonds. The number of nitrogens with zero attached hydrogens (tertiary/aromatic N) is 1. The number of amides is 1. The zero-order valence-corrected chi connectivity index (χ0v) is 19.4. The molecule has 2 aromatic carbocycles. The molecule has 4 rings (SSSR count). The lowest BCUT2D eigenvalue weighted by molar-refractivity contribution is 0.102. The highest BCUT2D eigenvalue weighted by Crippen LogP contribution is 2.32. The molecule has 0 radical (unpaired) electrons. The van der Waals surface area contributed by atoms with Gasteiger partial charge in [0, 0.05) is 24.5 Å². The van der Waals surface area contributed by atoms with Crippen molar-refractivity contribution in [1.29, 1.82) is 0 Å². The number of sulfonamides is 1. The van der Waals surface area contributed by atoms with E-state index in [-0.39, 0.29) is 10.8 Å². The number of methoxy groups -OCH3 is 1. The van der Waals surface area contributed by atoms with E-state index in [9.17, 15) is 13.2 Å². The summed E-state index contributed by atoms with van der Waals surface area (Å²) in [4.78, 5) is 14.8. The number of rotatable bonds is 7. The molecule has 0 atom stereocenters. The zero-order valence-electron chi connectivity index (χ0n) is 18.6. The number of carbonyl (C=O) groups is 1. The van der Waals surface area contributed by atoms with E-state index < -0.39 is 10.0 Å². The maximum absolute atomic E-state index is 13.4. The Morgan fingerprint density at radius 1 is 1.00 bits per heavy atom. The topological polar surface area (TPSA) is 101 Å². The van der Waals surface area contributed by atoms with Gasteiger partial charge in [-0.05, 0) is 74.7 Å². The van der Waals surface area contributed by atoms with Gasteiger partial charge >= 0.3 is 0 Å². The summed E-state index contributed by atoms with van der Waals surface area (Å²) in [5.74, 6) is 0.760. The van der Waals surface area contributed by atoms with Gasteiger partial charge in [0.15, 0.2) is 0 Å². The number of furan rings is 1. The van der Waals surface area contributed by atoms with Gasteiger partial charge in [-0.15, -0.1) is 0 Å². The highest BCUT2D eigenvalue weighted by Gasteiger charge is 2.25. The largest absolute Gasteiger partial charge is 0.497 e. The van der Waals surface area contributed by atoms with Crippen LogP contribution in [0.4, 0.5) is 17.1 Å². The fourth-order valence-corrected chi connectivity index (χ4v) is 5.20. The first kappa shape index (κ1) is 22.7. The van der Waals surface area contributed by atoms with E-state index >= 15 is 0 Å². The number of hydrogen-bond donors (Lipinski definition) is 2. The minimum absolute atomic E-state index is 0.113. The van der Waals surface area contributed by atoms with Gasteiger partial charge in [0.25, 0.3) is 15.9 Å². The molecule has 0 saturated carbocycles. The fourth-order valence-electron chi connectivity index (χ4n) is 3.89. The third kappa shape index (κ3) is 5.14. The van der Waals surface area contributed by atoms with Crippen molar-refractivity contribution in [2.45, 2.75) is 31.1 Å². The fraction of sp³-hybridized carbons (Fsp3) is 0.292. The van der Waals surface area contributed by atoms with Crippen molar-refractivity contribution in [3.05, 3.63) is 66.1 Å². The molecule has 33 heavy (non-hydrogen) atoms. The number of nitrogens with one attached hydrogen (secondary N) is 2. The average Bonchev–Trinajstić information content (AvgIpc) is 3.26. The van der Waals surface area contributed by atoms with Crippen LogP contribution in [-0.4, -0.2) is 34.5 Å². The Kier molecular flexibility index (Phi) is 6.60. The van der Waals surface area contributed by atoms with E-state index in [0.29, 0.717) is 34.1 Å². The summed E-state index contributed by atoms with van der Waals surface area (Å²) in [5.41, 5.74) is 1.82. The third-order valence-corrected chi connectivity index (χ3v) is 7.06. The van der Waals surface area contributed by atoms with Crippen LogP contribution in [0.2, 0.25) is 0 Å². The van der Waals surface area contributed by atoms with E-state index in [1.807, 2.05) is 0 Å². The molecule has 0 unspecified atom stereocenters. The molecule has 1 aromatic heterocycles. The van der Waals surface area contributed by atoms with Crippen molar-refractivity contribution in [2.75, 3.05) is 35.1 Å². The van der Waals surface area contributed by atoms with Crippen molar-refractivity contribution in [1.82, 2.24) is 0 Å². The third-order valence-electron chi connectivity index (χ3n) is 5.65. The van der Waals surface area contributed by atoms with Gasteiger partial charge in [-0.1, -0.05) is 0 Å². The van der Waals surface area contributed by atoms with Crippen molar-refractivity contribution in [2.24, 2.45) is 0 Å². The summed E-state index contributed by atoms with van der Waals surface area (Å²) < 4.78 is 39.9. The first-order valence-corrected chi connectivity index (χ1v) is 12.3. The smallest absolute Gasteiger partial charge is 0.264 e. The second-order valence-corrected chi connectivity index (χ2v) is 9.56. The molecule has 1 saturated heterocycles. The molecule has 0 aliphatic carbocycles. The Balaban J connectivity index is 1.68. The van der Waals surface area contributed by atoms with Crippen LogP contribution in [0.5, 0.6) is 5.75 Å². The van der Waals surface area contributed by atoms with Gasteiger partial charge in [0.1, 0.15) is 16.4 Å². The summed E-state index contributed by atoms with van der Waals surface area (Å²) >= 11 is 0. The highest BCUT2D eigenvalue weighted by atomic mass is 32.2. The van der Waals surface area contributed by atoms with Gasteiger partial charge in [-0.2, -0.15) is 0 Å². The number of anilines is 3. The van der Waals surface area contributed by atoms with Crippen LogP contribution in [0.15, 0.2) is 64.1 Å². The number of carbonyl (C=O) groups excluding carboxylic acids is 1. The predicted octanol–water partition coefficient (Wildman–Crippen LogP) is 4.64. The Morgan fingerprint density at radius 2 is 1.70 bits per heavy atom. The lowest BCUT2D eigenvalue weighted by atomic mass is 10.1. The Hall–Kier alpha value is -3.46. The number of piperidine rings is 1. The minimum Gasteiger partial charge on any atom is -0.497 e. The Bertz CT molecular complexity index is 1230. The molecule has 8 nitrogen and oxygen atoms in total. The number of ether oxygens (including phenoxy) is 1. The standard InChI is InChI=1S/C24H27N3O5S/c1-17-21(12-15-32-17)24(28)25-19-8-11-22(27-13-4-3-5-14-27)23(16-19)33(29,30)26-18-6-9-20(31-2)10-7-18/h6-12,15-16,26H,3-5,13-14H2,1-2H3,(H,25,28). The molecule has 1 aliphatic rings. The summed E-state index contributed by atoms with van der Waals surface area (Å²) in [6.07, 6.45) is 4.58. The van der Waals surface area contributed by atoms with E-state index in [1.54, 1.807) is 56.5 Å². The maximum atomic E-state index is 13.4. The van der Waals surface area contributed by atoms with E-state index in [1.165, 1.54) is 12.3 Å². The van der Waals surface area contributed by atoms with Crippen LogP contribution in [0.3, 0.4) is 0 Å². The van der Waals surface area contributed by atoms with Crippen LogP contribution in [0, 0.1) is 6.92 Å². The van der Waals surface area contributed by atoms with Gasteiger partial charge < -0.3 is 19.4 Å². The first-order valence-electron chi connectivity index (χ1n) is 10.8. The van der Waals surface area contributed by atoms with Crippen LogP contribution in [0.25, 0.3) is 0 Å². The molecule has 0 spiro atoms. The van der Waals surface area contributed by atoms with E-state index in [4.69, 9.17) is 9.15 Å². The average molecular weight is 470 g/mol. The lowest BCUT2D eigenvalue weighted by Gasteiger charge is -2.30. The van der Waals surface area contributed by atoms with Crippen LogP contribution in [0.1, 0.15) is 35.4 Å². The quantitative estimate of drug-likeness (QED) is 0.523. The summed E-state index contributed by atoms with van der Waals surface area (Å²) in [5, 5.41) is 2.78. The zero-order chi connectivity index (χ0) is 23.4. The maximum Gasteiger partial charge on any atom is 0.264 e. The van der Waals surface area contributed by atoms with Crippen LogP contribution in [-0.2, 0) is 10.0 Å². The molecular formula is C24H27N3O5S. The SMILES string of the molecule is COc1ccc(NS(=O)(=O)c2cc(NC(=O)c3ccoc3C)ccc2N2CCCCC2)cc1. The lowest BCUT2D eigenvalue weighted by Crippen LogP contribution is -2.31. The van der Waals surface area contributed by atoms with Crippen molar-refractivity contribution in [3.8, 4) is 5.75 Å². The van der Waals surface area contributed by atoms with Gasteiger partial charge in [0.05, 0.1) is 24.6 Å². The van der Waals surface area contributed by atoms with Crippen molar-refractivity contribution >= 4 is 33.0 Å². The van der Waals surface area contributed by atoms with Crippen LogP contribution >= 0.6 is 0 Å². The number of benzene rings is 2. The highest BCUT2D eigenvalue weighted by molar-refractivity contribution is 7.92. The normalized spacial score (nSPS) is 14.1. The summed E-state index contributed by atoms with van der Waals surface area (Å²) in [6.45, 7) is 3.26. The number of aryl methyl sites for hydroxylation is 1. The number of hydrogen-bond acceptors (Lipinski definition) is 6. The minimum atomic E-state index is -3.94. The second kappa shape index (κ2) is 9.58. The monoisotopic (exact) mass is 469 g/mol. The summed E-state index contributed by atoms with van der Waals surface area (Å²) in [7, 11) is -2.38. The molecule has 2 heterocycles. The molecule has 3 aromatic rings. The molecule has 1 aliphatic heterocycles. The predicted molar refractivity (Wildman–Crippen MR) is 128 cm³/mol. The van der Waals surface area contributed by atoms with Gasteiger partial charge in [0.2, 0.25) is 0 Å². The Labute approximate surface area is 193 Å². The molecule has 2 N–H and O–H groups in total.